The fourth-order valence-electron chi connectivity index (χ4n) is 3.65. The Morgan fingerprint density at radius 1 is 0.968 bits per heavy atom. The molecule has 2 aromatic heterocycles. The highest BCUT2D eigenvalue weighted by Gasteiger charge is 2.36. The van der Waals surface area contributed by atoms with Crippen LogP contribution in [0.5, 0.6) is 0 Å². The molecule has 0 fully saturated rings. The van der Waals surface area contributed by atoms with Gasteiger partial charge in [0.1, 0.15) is 5.03 Å². The van der Waals surface area contributed by atoms with Gasteiger partial charge in [0.15, 0.2) is 0 Å². The predicted octanol–water partition coefficient (Wildman–Crippen LogP) is 5.87. The van der Waals surface area contributed by atoms with Crippen molar-refractivity contribution in [3.63, 3.8) is 0 Å². The number of benzene rings is 2. The summed E-state index contributed by atoms with van der Waals surface area (Å²) in [6, 6.07) is 21.5. The van der Waals surface area contributed by atoms with Crippen LogP contribution < -0.4 is 5.14 Å². The van der Waals surface area contributed by atoms with Crippen LogP contribution in [0.4, 0.5) is 0 Å². The van der Waals surface area contributed by atoms with Gasteiger partial charge in [-0.25, -0.2) is 9.97 Å². The molecule has 0 amide bonds. The van der Waals surface area contributed by atoms with Crippen molar-refractivity contribution in [1.82, 2.24) is 9.97 Å². The van der Waals surface area contributed by atoms with Gasteiger partial charge >= 0.3 is 0 Å². The monoisotopic (exact) mass is 449 g/mol. The number of nitrogens with zero attached hydrogens (tertiary/aromatic N) is 2. The van der Waals surface area contributed by atoms with Gasteiger partial charge in [-0.2, -0.15) is 0 Å². The first-order chi connectivity index (χ1) is 14.8. The zero-order valence-corrected chi connectivity index (χ0v) is 19.7. The number of thiazole rings is 1. The number of aryl methyl sites for hydroxylation is 2. The van der Waals surface area contributed by atoms with E-state index in [1.54, 1.807) is 17.5 Å². The summed E-state index contributed by atoms with van der Waals surface area (Å²) in [5.41, 5.74) is 4.14. The van der Waals surface area contributed by atoms with Crippen LogP contribution in [0, 0.1) is 6.92 Å². The van der Waals surface area contributed by atoms with Gasteiger partial charge < -0.3 is 0 Å². The highest BCUT2D eigenvalue weighted by molar-refractivity contribution is 8.18. The molecular formula is C25H27N3OS2. The van der Waals surface area contributed by atoms with Gasteiger partial charge in [-0.05, 0) is 49.2 Å². The molecule has 4 rings (SSSR count). The molecule has 2 heterocycles. The average molecular weight is 450 g/mol. The Labute approximate surface area is 187 Å². The molecule has 31 heavy (non-hydrogen) atoms. The average Bonchev–Trinajstić information content (AvgIpc) is 3.25. The van der Waals surface area contributed by atoms with Crippen molar-refractivity contribution in [3.05, 3.63) is 83.5 Å². The van der Waals surface area contributed by atoms with Gasteiger partial charge in [0.2, 0.25) is 0 Å². The first kappa shape index (κ1) is 21.6. The summed E-state index contributed by atoms with van der Waals surface area (Å²) in [5, 5.41) is 8.19. The summed E-state index contributed by atoms with van der Waals surface area (Å²) in [4.78, 5) is 11.1. The van der Waals surface area contributed by atoms with Crippen LogP contribution in [-0.2, 0) is 15.7 Å². The third-order valence-electron chi connectivity index (χ3n) is 5.55. The maximum Gasteiger partial charge on any atom is 0.122 e. The molecular weight excluding hydrogens is 422 g/mol. The maximum absolute atomic E-state index is 14.3. The summed E-state index contributed by atoms with van der Waals surface area (Å²) in [5.74, 6) is 0.283. The van der Waals surface area contributed by atoms with E-state index in [0.717, 1.165) is 33.1 Å². The highest BCUT2D eigenvalue weighted by atomic mass is 32.3. The Morgan fingerprint density at radius 2 is 1.74 bits per heavy atom. The second-order valence-corrected chi connectivity index (χ2v) is 12.6. The van der Waals surface area contributed by atoms with E-state index in [1.165, 1.54) is 5.56 Å². The Hall–Kier alpha value is -2.67. The molecule has 2 aromatic carbocycles. The number of rotatable bonds is 6. The van der Waals surface area contributed by atoms with Crippen LogP contribution in [0.25, 0.3) is 21.7 Å². The second-order valence-electron chi connectivity index (χ2n) is 7.67. The summed E-state index contributed by atoms with van der Waals surface area (Å²) in [7, 11) is -3.82. The molecule has 0 aliphatic rings. The molecule has 0 atom stereocenters. The van der Waals surface area contributed by atoms with Crippen LogP contribution in [-0.4, -0.2) is 19.9 Å². The smallest absolute Gasteiger partial charge is 0.122 e. The maximum atomic E-state index is 14.3. The molecule has 160 valence electrons. The van der Waals surface area contributed by atoms with Crippen LogP contribution >= 0.6 is 11.3 Å². The van der Waals surface area contributed by atoms with E-state index in [1.807, 2.05) is 55.5 Å². The second kappa shape index (κ2) is 8.11. The molecule has 2 N–H and O–H groups in total. The molecule has 0 radical (unpaired) electrons. The third-order valence-corrected chi connectivity index (χ3v) is 10.4. The molecule has 0 spiro atoms. The standard InChI is InChI=1S/C25H27N3OS2/c1-4-22-28-24(19-11-9-10-18(3)16-19)25(30-22)20-14-15-27-23(17-20)31(26,29,5-2)21-12-7-6-8-13-21/h6-17H,4-5H2,1-3H3,(H2,26,29). The zero-order chi connectivity index (χ0) is 22.1. The van der Waals surface area contributed by atoms with E-state index in [-0.39, 0.29) is 5.75 Å². The molecule has 4 aromatic rings. The van der Waals surface area contributed by atoms with Gasteiger partial charge in [0.25, 0.3) is 0 Å². The van der Waals surface area contributed by atoms with Crippen LogP contribution in [0.1, 0.15) is 24.4 Å². The van der Waals surface area contributed by atoms with E-state index < -0.39 is 9.25 Å². The Bertz CT molecular complexity index is 1300. The van der Waals surface area contributed by atoms with Crippen molar-refractivity contribution in [2.24, 2.45) is 5.14 Å². The third kappa shape index (κ3) is 3.87. The van der Waals surface area contributed by atoms with E-state index in [4.69, 9.17) is 10.1 Å². The van der Waals surface area contributed by atoms with Crippen LogP contribution in [0.15, 0.2) is 82.8 Å². The number of hydrogen-bond donors (Lipinski definition) is 1. The van der Waals surface area contributed by atoms with Crippen molar-refractivity contribution >= 4 is 20.6 Å². The van der Waals surface area contributed by atoms with Crippen molar-refractivity contribution in [2.45, 2.75) is 37.1 Å². The molecule has 6 heteroatoms. The summed E-state index contributed by atoms with van der Waals surface area (Å²) in [6.07, 6.45) is 2.56. The van der Waals surface area contributed by atoms with Crippen LogP contribution in [0.3, 0.4) is 0 Å². The van der Waals surface area contributed by atoms with Gasteiger partial charge in [-0.15, -0.1) is 11.3 Å². The zero-order valence-electron chi connectivity index (χ0n) is 18.0. The van der Waals surface area contributed by atoms with Crippen molar-refractivity contribution in [2.75, 3.05) is 5.75 Å². The van der Waals surface area contributed by atoms with Gasteiger partial charge in [-0.1, -0.05) is 55.8 Å². The Morgan fingerprint density at radius 3 is 2.42 bits per heavy atom. The van der Waals surface area contributed by atoms with Crippen LogP contribution in [0.2, 0.25) is 0 Å². The van der Waals surface area contributed by atoms with E-state index in [0.29, 0.717) is 9.92 Å². The molecule has 0 unspecified atom stereocenters. The van der Waals surface area contributed by atoms with Crippen molar-refractivity contribution in [1.29, 1.82) is 0 Å². The van der Waals surface area contributed by atoms with Gasteiger partial charge in [-0.3, -0.25) is 9.35 Å². The number of hydrogen-bond acceptors (Lipinski definition) is 4. The number of nitrogens with two attached hydrogens (primary N) is 1. The highest BCUT2D eigenvalue weighted by Crippen LogP contribution is 2.41. The fourth-order valence-corrected chi connectivity index (χ4v) is 6.97. The minimum absolute atomic E-state index is 0.283. The van der Waals surface area contributed by atoms with E-state index in [9.17, 15) is 4.21 Å². The SMILES string of the molecule is CCc1nc(-c2cccc(C)c2)c(-c2ccnc(S(N)(=O)(CC)c3ccccc3)c2)s1. The topological polar surface area (TPSA) is 68.9 Å². The molecule has 0 aliphatic carbocycles. The van der Waals surface area contributed by atoms with Gasteiger partial charge in [0.05, 0.1) is 15.6 Å². The normalized spacial score (nSPS) is 13.0. The molecule has 0 bridgehead atoms. The first-order valence-corrected chi connectivity index (χ1v) is 13.4. The Kier molecular flexibility index (Phi) is 5.64. The lowest BCUT2D eigenvalue weighted by Gasteiger charge is -2.37. The Balaban J connectivity index is 1.90. The number of pyridine rings is 1. The summed E-state index contributed by atoms with van der Waals surface area (Å²) < 4.78 is 14.3. The quantitative estimate of drug-likeness (QED) is 0.400. The lowest BCUT2D eigenvalue weighted by atomic mass is 10.1. The molecule has 4 nitrogen and oxygen atoms in total. The number of aromatic nitrogens is 2. The molecule has 0 saturated carbocycles. The van der Waals surface area contributed by atoms with Gasteiger partial charge in [0, 0.05) is 31.7 Å². The minimum Gasteiger partial charge on any atom is -0.263 e. The van der Waals surface area contributed by atoms with Crippen molar-refractivity contribution in [3.8, 4) is 21.7 Å². The lowest BCUT2D eigenvalue weighted by Crippen LogP contribution is -2.46. The summed E-state index contributed by atoms with van der Waals surface area (Å²) in [6.45, 7) is 6.04. The minimum atomic E-state index is -3.82. The fraction of sp³-hybridized carbons (Fsp3) is 0.200. The van der Waals surface area contributed by atoms with Crippen molar-refractivity contribution < 1.29 is 4.21 Å². The predicted molar refractivity (Wildman–Crippen MR) is 131 cm³/mol. The molecule has 0 saturated heterocycles. The lowest BCUT2D eigenvalue weighted by molar-refractivity contribution is 0.651. The molecule has 0 aliphatic heterocycles. The first-order valence-electron chi connectivity index (χ1n) is 10.4. The summed E-state index contributed by atoms with van der Waals surface area (Å²) >= 11 is 1.67. The van der Waals surface area contributed by atoms with E-state index >= 15 is 0 Å². The largest absolute Gasteiger partial charge is 0.263 e. The van der Waals surface area contributed by atoms with E-state index in [2.05, 4.69) is 37.0 Å².